The normalized spacial score (nSPS) is 13.2. The van der Waals surface area contributed by atoms with E-state index in [9.17, 15) is 0 Å². The maximum Gasteiger partial charge on any atom is 0.0560 e. The van der Waals surface area contributed by atoms with Crippen LogP contribution in [0.25, 0.3) is 0 Å². The first-order valence-corrected chi connectivity index (χ1v) is 3.13. The van der Waals surface area contributed by atoms with Crippen LogP contribution in [0.1, 0.15) is 5.56 Å². The Kier molecular flexibility index (Phi) is 2.27. The summed E-state index contributed by atoms with van der Waals surface area (Å²) in [5, 5.41) is 3.24. The average molecular weight is 201 g/mol. The van der Waals surface area contributed by atoms with Crippen LogP contribution in [0.3, 0.4) is 0 Å². The molecule has 0 radical (unpaired) electrons. The van der Waals surface area contributed by atoms with Crippen LogP contribution in [0.2, 0.25) is 0 Å². The number of hydrogen-bond donors (Lipinski definition) is 1. The van der Waals surface area contributed by atoms with Gasteiger partial charge in [0.05, 0.1) is 11.9 Å². The maximum absolute atomic E-state index is 3.99. The van der Waals surface area contributed by atoms with Gasteiger partial charge in [-0.05, 0) is 18.1 Å². The smallest absolute Gasteiger partial charge is 0.0560 e. The Morgan fingerprint density at radius 1 is 1.50 bits per heavy atom. The van der Waals surface area contributed by atoms with Gasteiger partial charge in [0.1, 0.15) is 0 Å². The van der Waals surface area contributed by atoms with Gasteiger partial charge < -0.3 is 5.32 Å². The Balaban J connectivity index is 0.000000500. The Hall–Kier alpha value is -0.570. The van der Waals surface area contributed by atoms with E-state index < -0.39 is 0 Å². The second-order valence-electron chi connectivity index (χ2n) is 2.21. The third-order valence-corrected chi connectivity index (χ3v) is 1.62. The van der Waals surface area contributed by atoms with Crippen LogP contribution in [0.5, 0.6) is 0 Å². The van der Waals surface area contributed by atoms with Gasteiger partial charge >= 0.3 is 0 Å². The number of anilines is 1. The van der Waals surface area contributed by atoms with Crippen molar-refractivity contribution in [1.29, 1.82) is 0 Å². The molecule has 1 aliphatic heterocycles. The Morgan fingerprint density at radius 3 is 3.20 bits per heavy atom. The third-order valence-electron chi connectivity index (χ3n) is 1.62. The highest BCUT2D eigenvalue weighted by molar-refractivity contribution is 8.93. The first-order chi connectivity index (χ1) is 4.47. The molecule has 1 aliphatic rings. The van der Waals surface area contributed by atoms with Crippen molar-refractivity contribution in [3.63, 3.8) is 0 Å². The predicted molar refractivity (Wildman–Crippen MR) is 46.8 cm³/mol. The van der Waals surface area contributed by atoms with Gasteiger partial charge in [-0.15, -0.1) is 17.0 Å². The van der Waals surface area contributed by atoms with Crippen molar-refractivity contribution < 1.29 is 0 Å². The predicted octanol–water partition coefficient (Wildman–Crippen LogP) is 1.63. The first kappa shape index (κ1) is 7.54. The zero-order chi connectivity index (χ0) is 6.10. The summed E-state index contributed by atoms with van der Waals surface area (Å²) in [6.45, 7) is 1.07. The van der Waals surface area contributed by atoms with E-state index >= 15 is 0 Å². The number of aromatic nitrogens is 1. The van der Waals surface area contributed by atoms with E-state index in [1.807, 2.05) is 12.4 Å². The molecular weight excluding hydrogens is 192 g/mol. The summed E-state index contributed by atoms with van der Waals surface area (Å²) in [6, 6.07) is 2.06. The molecule has 0 spiro atoms. The topological polar surface area (TPSA) is 24.9 Å². The van der Waals surface area contributed by atoms with Gasteiger partial charge in [0.25, 0.3) is 0 Å². The van der Waals surface area contributed by atoms with E-state index in [2.05, 4.69) is 16.4 Å². The number of nitrogens with zero attached hydrogens (tertiary/aromatic N) is 1. The van der Waals surface area contributed by atoms with Crippen molar-refractivity contribution >= 4 is 22.7 Å². The quantitative estimate of drug-likeness (QED) is 0.689. The van der Waals surface area contributed by atoms with Gasteiger partial charge in [-0.25, -0.2) is 0 Å². The van der Waals surface area contributed by atoms with Gasteiger partial charge in [0.15, 0.2) is 0 Å². The van der Waals surface area contributed by atoms with E-state index in [0.29, 0.717) is 0 Å². The molecule has 0 bridgehead atoms. The number of hydrogen-bond acceptors (Lipinski definition) is 2. The lowest BCUT2D eigenvalue weighted by atomic mass is 10.2. The first-order valence-electron chi connectivity index (χ1n) is 3.13. The van der Waals surface area contributed by atoms with Crippen molar-refractivity contribution in [3.8, 4) is 0 Å². The van der Waals surface area contributed by atoms with Crippen molar-refractivity contribution in [2.75, 3.05) is 11.9 Å². The molecule has 1 aromatic rings. The number of halogens is 1. The molecule has 54 valence electrons. The molecule has 0 saturated carbocycles. The van der Waals surface area contributed by atoms with Crippen molar-refractivity contribution in [3.05, 3.63) is 24.0 Å². The van der Waals surface area contributed by atoms with Crippen LogP contribution in [0.4, 0.5) is 5.69 Å². The van der Waals surface area contributed by atoms with E-state index in [0.717, 1.165) is 13.0 Å². The van der Waals surface area contributed by atoms with Crippen LogP contribution < -0.4 is 5.32 Å². The molecule has 0 fully saturated rings. The lowest BCUT2D eigenvalue weighted by molar-refractivity contribution is 1.10. The minimum atomic E-state index is 0. The summed E-state index contributed by atoms with van der Waals surface area (Å²) in [6.07, 6.45) is 4.87. The zero-order valence-corrected chi connectivity index (χ0v) is 7.21. The summed E-state index contributed by atoms with van der Waals surface area (Å²) in [5.41, 5.74) is 2.60. The van der Waals surface area contributed by atoms with E-state index in [1.54, 1.807) is 0 Å². The second kappa shape index (κ2) is 3.01. The molecule has 0 unspecified atom stereocenters. The number of fused-ring (bicyclic) bond motifs is 1. The maximum atomic E-state index is 3.99. The summed E-state index contributed by atoms with van der Waals surface area (Å²) < 4.78 is 0. The summed E-state index contributed by atoms with van der Waals surface area (Å²) >= 11 is 0. The van der Waals surface area contributed by atoms with Crippen LogP contribution in [0.15, 0.2) is 18.5 Å². The van der Waals surface area contributed by atoms with Crippen molar-refractivity contribution in [2.24, 2.45) is 0 Å². The highest BCUT2D eigenvalue weighted by Crippen LogP contribution is 2.18. The molecule has 2 rings (SSSR count). The Bertz CT molecular complexity index is 202. The van der Waals surface area contributed by atoms with Crippen molar-refractivity contribution in [1.82, 2.24) is 4.98 Å². The highest BCUT2D eigenvalue weighted by atomic mass is 79.9. The number of rotatable bonds is 0. The fourth-order valence-corrected chi connectivity index (χ4v) is 1.13. The average Bonchev–Trinajstić information content (AvgIpc) is 2.33. The van der Waals surface area contributed by atoms with Gasteiger partial charge in [0, 0.05) is 12.7 Å². The Labute approximate surface area is 70.4 Å². The van der Waals surface area contributed by atoms with Gasteiger partial charge in [-0.2, -0.15) is 0 Å². The molecular formula is C7H9BrN2. The molecule has 1 N–H and O–H groups in total. The van der Waals surface area contributed by atoms with Crippen LogP contribution in [0, 0.1) is 0 Å². The van der Waals surface area contributed by atoms with Gasteiger partial charge in [-0.1, -0.05) is 0 Å². The molecule has 0 atom stereocenters. The molecule has 10 heavy (non-hydrogen) atoms. The van der Waals surface area contributed by atoms with Crippen LogP contribution >= 0.6 is 17.0 Å². The molecule has 2 nitrogen and oxygen atoms in total. The summed E-state index contributed by atoms with van der Waals surface area (Å²) in [5.74, 6) is 0. The standard InChI is InChI=1S/C7H8N2.BrH/c1-3-8-5-7-6(1)2-4-9-7;/h1,3,5,9H,2,4H2;1H. The van der Waals surface area contributed by atoms with E-state index in [-0.39, 0.29) is 17.0 Å². The molecule has 2 heterocycles. The molecule has 1 aromatic heterocycles. The summed E-state index contributed by atoms with van der Waals surface area (Å²) in [4.78, 5) is 3.99. The van der Waals surface area contributed by atoms with E-state index in [4.69, 9.17) is 0 Å². The number of nitrogens with one attached hydrogen (secondary N) is 1. The number of pyridine rings is 1. The lowest BCUT2D eigenvalue weighted by Gasteiger charge is -1.93. The SMILES string of the molecule is Br.c1cc2c(cn1)NCC2. The van der Waals surface area contributed by atoms with Crippen LogP contribution in [-0.2, 0) is 6.42 Å². The lowest BCUT2D eigenvalue weighted by Crippen LogP contribution is -1.90. The summed E-state index contributed by atoms with van der Waals surface area (Å²) in [7, 11) is 0. The molecule has 0 aromatic carbocycles. The third kappa shape index (κ3) is 1.14. The second-order valence-corrected chi connectivity index (χ2v) is 2.21. The Morgan fingerprint density at radius 2 is 2.40 bits per heavy atom. The largest absolute Gasteiger partial charge is 0.383 e. The fourth-order valence-electron chi connectivity index (χ4n) is 1.13. The van der Waals surface area contributed by atoms with Gasteiger partial charge in [0.2, 0.25) is 0 Å². The molecule has 3 heteroatoms. The van der Waals surface area contributed by atoms with Gasteiger partial charge in [-0.3, -0.25) is 4.98 Å². The zero-order valence-electron chi connectivity index (χ0n) is 5.50. The molecule has 0 aliphatic carbocycles. The minimum absolute atomic E-state index is 0. The van der Waals surface area contributed by atoms with Crippen LogP contribution in [-0.4, -0.2) is 11.5 Å². The molecule has 0 saturated heterocycles. The fraction of sp³-hybridized carbons (Fsp3) is 0.286. The monoisotopic (exact) mass is 200 g/mol. The highest BCUT2D eigenvalue weighted by Gasteiger charge is 2.06. The molecule has 0 amide bonds. The minimum Gasteiger partial charge on any atom is -0.383 e. The van der Waals surface area contributed by atoms with Crippen molar-refractivity contribution in [2.45, 2.75) is 6.42 Å². The van der Waals surface area contributed by atoms with E-state index in [1.165, 1.54) is 11.3 Å².